The van der Waals surface area contributed by atoms with Crippen molar-refractivity contribution in [2.45, 2.75) is 0 Å². The van der Waals surface area contributed by atoms with Gasteiger partial charge in [0.25, 0.3) is 0 Å². The summed E-state index contributed by atoms with van der Waals surface area (Å²) in [6, 6.07) is 2.32. The molecule has 0 aliphatic heterocycles. The summed E-state index contributed by atoms with van der Waals surface area (Å²) in [5.41, 5.74) is -0.239. The topological polar surface area (TPSA) is 33.6 Å². The molecule has 1 heterocycles. The lowest BCUT2D eigenvalue weighted by Gasteiger charge is -2.05. The van der Waals surface area contributed by atoms with Gasteiger partial charge in [-0.2, -0.15) is 5.10 Å². The molecule has 1 N–H and O–H groups in total. The average Bonchev–Trinajstić information content (AvgIpc) is 2.50. The van der Waals surface area contributed by atoms with Gasteiger partial charge in [-0.3, -0.25) is 9.67 Å². The summed E-state index contributed by atoms with van der Waals surface area (Å²) < 4.78 is 28.5. The molecule has 0 saturated heterocycles. The number of rotatable bonds is 1. The number of halogens is 3. The summed E-state index contributed by atoms with van der Waals surface area (Å²) in [6.07, 6.45) is 1.22. The molecular weight excluding hydrogens is 288 g/mol. The van der Waals surface area contributed by atoms with E-state index in [9.17, 15) is 8.78 Å². The minimum atomic E-state index is -0.709. The Morgan fingerprint density at radius 3 is 2.40 bits per heavy atom. The molecule has 0 aliphatic carbocycles. The zero-order valence-corrected chi connectivity index (χ0v) is 9.57. The molecule has 2 rings (SSSR count). The quantitative estimate of drug-likeness (QED) is 0.820. The number of H-pyrrole nitrogens is 1. The maximum absolute atomic E-state index is 13.5. The van der Waals surface area contributed by atoms with Crippen molar-refractivity contribution in [3.63, 3.8) is 0 Å². The maximum Gasteiger partial charge on any atom is 0.199 e. The van der Waals surface area contributed by atoms with E-state index in [0.29, 0.717) is 4.47 Å². The Morgan fingerprint density at radius 1 is 1.33 bits per heavy atom. The smallest absolute Gasteiger partial charge is 0.199 e. The minimum absolute atomic E-state index is 0.134. The first-order valence-corrected chi connectivity index (χ1v) is 5.06. The van der Waals surface area contributed by atoms with Crippen LogP contribution in [0, 0.1) is 16.4 Å². The predicted molar refractivity (Wildman–Crippen MR) is 56.4 cm³/mol. The van der Waals surface area contributed by atoms with E-state index in [1.807, 2.05) is 0 Å². The van der Waals surface area contributed by atoms with Crippen LogP contribution in [0.3, 0.4) is 0 Å². The standard InChI is InChI=1S/C8H4BrF2N3S/c9-4-1-5(10)7(6(11)2-4)14-3-12-13-8(14)15/h1-3H,(H,13,15). The number of aromatic nitrogens is 3. The highest BCUT2D eigenvalue weighted by Crippen LogP contribution is 2.22. The third-order valence-electron chi connectivity index (χ3n) is 1.77. The number of nitrogens with one attached hydrogen (secondary N) is 1. The van der Waals surface area contributed by atoms with Gasteiger partial charge < -0.3 is 0 Å². The molecule has 15 heavy (non-hydrogen) atoms. The summed E-state index contributed by atoms with van der Waals surface area (Å²) in [4.78, 5) is 0. The molecule has 0 saturated carbocycles. The molecule has 0 unspecified atom stereocenters. The van der Waals surface area contributed by atoms with Crippen molar-refractivity contribution in [3.8, 4) is 5.69 Å². The number of hydrogen-bond acceptors (Lipinski definition) is 2. The van der Waals surface area contributed by atoms with Crippen molar-refractivity contribution in [1.29, 1.82) is 0 Å². The second-order valence-corrected chi connectivity index (χ2v) is 4.05. The molecule has 7 heteroatoms. The van der Waals surface area contributed by atoms with Gasteiger partial charge in [-0.15, -0.1) is 0 Å². The van der Waals surface area contributed by atoms with Crippen molar-refractivity contribution in [2.75, 3.05) is 0 Å². The van der Waals surface area contributed by atoms with Crippen LogP contribution in [0.5, 0.6) is 0 Å². The lowest BCUT2D eigenvalue weighted by Crippen LogP contribution is -2.00. The predicted octanol–water partition coefficient (Wildman–Crippen LogP) is 2.97. The molecule has 0 atom stereocenters. The second-order valence-electron chi connectivity index (χ2n) is 2.75. The van der Waals surface area contributed by atoms with Crippen molar-refractivity contribution in [2.24, 2.45) is 0 Å². The molecule has 1 aromatic carbocycles. The molecule has 0 radical (unpaired) electrons. The largest absolute Gasteiger partial charge is 0.269 e. The summed E-state index contributed by atoms with van der Waals surface area (Å²) in [7, 11) is 0. The Balaban J connectivity index is 2.74. The highest BCUT2D eigenvalue weighted by molar-refractivity contribution is 9.10. The highest BCUT2D eigenvalue weighted by atomic mass is 79.9. The van der Waals surface area contributed by atoms with E-state index in [0.717, 1.165) is 16.7 Å². The zero-order chi connectivity index (χ0) is 11.0. The van der Waals surface area contributed by atoms with Crippen LogP contribution in [-0.2, 0) is 0 Å². The average molecular weight is 292 g/mol. The third kappa shape index (κ3) is 1.84. The molecule has 0 amide bonds. The van der Waals surface area contributed by atoms with Crippen molar-refractivity contribution in [3.05, 3.63) is 39.3 Å². The minimum Gasteiger partial charge on any atom is -0.269 e. The van der Waals surface area contributed by atoms with Gasteiger partial charge in [-0.05, 0) is 24.4 Å². The van der Waals surface area contributed by atoms with Gasteiger partial charge >= 0.3 is 0 Å². The molecule has 0 aliphatic rings. The van der Waals surface area contributed by atoms with E-state index in [-0.39, 0.29) is 10.5 Å². The van der Waals surface area contributed by atoms with E-state index >= 15 is 0 Å². The first-order valence-electron chi connectivity index (χ1n) is 3.86. The van der Waals surface area contributed by atoms with Crippen LogP contribution in [0.2, 0.25) is 0 Å². The number of benzene rings is 1. The SMILES string of the molecule is Fc1cc(Br)cc(F)c1-n1cn[nH]c1=S. The van der Waals surface area contributed by atoms with E-state index in [1.54, 1.807) is 0 Å². The molecule has 1 aromatic heterocycles. The van der Waals surface area contributed by atoms with Crippen molar-refractivity contribution >= 4 is 28.1 Å². The molecule has 0 spiro atoms. The van der Waals surface area contributed by atoms with E-state index < -0.39 is 11.6 Å². The van der Waals surface area contributed by atoms with Gasteiger partial charge in [0.2, 0.25) is 0 Å². The van der Waals surface area contributed by atoms with Crippen LogP contribution in [0.15, 0.2) is 22.9 Å². The number of nitrogens with zero attached hydrogens (tertiary/aromatic N) is 2. The number of aromatic amines is 1. The van der Waals surface area contributed by atoms with Gasteiger partial charge in [0.05, 0.1) is 0 Å². The maximum atomic E-state index is 13.5. The third-order valence-corrected chi connectivity index (χ3v) is 2.52. The van der Waals surface area contributed by atoms with E-state index in [4.69, 9.17) is 12.2 Å². The highest BCUT2D eigenvalue weighted by Gasteiger charge is 2.13. The number of hydrogen-bond donors (Lipinski definition) is 1. The fourth-order valence-corrected chi connectivity index (χ4v) is 1.77. The zero-order valence-electron chi connectivity index (χ0n) is 7.17. The molecule has 0 bridgehead atoms. The van der Waals surface area contributed by atoms with Crippen LogP contribution in [-0.4, -0.2) is 14.8 Å². The Kier molecular flexibility index (Phi) is 2.66. The first-order chi connectivity index (χ1) is 7.09. The summed E-state index contributed by atoms with van der Waals surface area (Å²) in [5, 5.41) is 6.01. The molecule has 3 nitrogen and oxygen atoms in total. The fraction of sp³-hybridized carbons (Fsp3) is 0. The Hall–Kier alpha value is -1.08. The first kappa shape index (κ1) is 10.4. The monoisotopic (exact) mass is 291 g/mol. The van der Waals surface area contributed by atoms with Crippen LogP contribution in [0.25, 0.3) is 5.69 Å². The van der Waals surface area contributed by atoms with E-state index in [2.05, 4.69) is 26.1 Å². The van der Waals surface area contributed by atoms with Crippen LogP contribution in [0.1, 0.15) is 0 Å². The van der Waals surface area contributed by atoms with Crippen LogP contribution in [0.4, 0.5) is 8.78 Å². The van der Waals surface area contributed by atoms with Crippen LogP contribution < -0.4 is 0 Å². The fourth-order valence-electron chi connectivity index (χ4n) is 1.17. The lowest BCUT2D eigenvalue weighted by molar-refractivity contribution is 0.567. The van der Waals surface area contributed by atoms with Gasteiger partial charge in [0, 0.05) is 4.47 Å². The Bertz CT molecular complexity index is 540. The van der Waals surface area contributed by atoms with Gasteiger partial charge in [0.1, 0.15) is 12.0 Å². The Labute approximate surface area is 96.9 Å². The normalized spacial score (nSPS) is 10.6. The second kappa shape index (κ2) is 3.82. The molecule has 0 fully saturated rings. The van der Waals surface area contributed by atoms with E-state index in [1.165, 1.54) is 6.33 Å². The van der Waals surface area contributed by atoms with Gasteiger partial charge in [-0.1, -0.05) is 15.9 Å². The molecule has 78 valence electrons. The van der Waals surface area contributed by atoms with Crippen LogP contribution >= 0.6 is 28.1 Å². The molecule has 2 aromatic rings. The van der Waals surface area contributed by atoms with Crippen molar-refractivity contribution in [1.82, 2.24) is 14.8 Å². The molecular formula is C8H4BrF2N3S. The van der Waals surface area contributed by atoms with Gasteiger partial charge in [0.15, 0.2) is 16.4 Å². The summed E-state index contributed by atoms with van der Waals surface area (Å²) in [5.74, 6) is -1.42. The summed E-state index contributed by atoms with van der Waals surface area (Å²) >= 11 is 7.81. The van der Waals surface area contributed by atoms with Crippen molar-refractivity contribution < 1.29 is 8.78 Å². The lowest BCUT2D eigenvalue weighted by atomic mass is 10.3. The Morgan fingerprint density at radius 2 is 1.93 bits per heavy atom. The van der Waals surface area contributed by atoms with Gasteiger partial charge in [-0.25, -0.2) is 8.78 Å². The summed E-state index contributed by atoms with van der Waals surface area (Å²) in [6.45, 7) is 0.